The van der Waals surface area contributed by atoms with Crippen molar-refractivity contribution >= 4 is 16.5 Å². The summed E-state index contributed by atoms with van der Waals surface area (Å²) >= 11 is 0. The van der Waals surface area contributed by atoms with Crippen LogP contribution in [0.1, 0.15) is 40.5 Å². The SMILES string of the molecule is C=C(C)C(=O)OC(CC)CC(C)(C)O[SiH3]. The average molecular weight is 230 g/mol. The molecule has 0 aliphatic heterocycles. The molecule has 0 aliphatic carbocycles. The first-order chi connectivity index (χ1) is 6.82. The van der Waals surface area contributed by atoms with Gasteiger partial charge in [-0.1, -0.05) is 13.5 Å². The van der Waals surface area contributed by atoms with Crippen molar-refractivity contribution in [1.82, 2.24) is 0 Å². The number of hydrogen-bond donors (Lipinski definition) is 0. The second kappa shape index (κ2) is 6.08. The Labute approximate surface area is 95.4 Å². The first-order valence-electron chi connectivity index (χ1n) is 5.24. The van der Waals surface area contributed by atoms with Crippen LogP contribution < -0.4 is 0 Å². The van der Waals surface area contributed by atoms with Gasteiger partial charge < -0.3 is 9.16 Å². The van der Waals surface area contributed by atoms with Crippen molar-refractivity contribution in [3.8, 4) is 0 Å². The Bertz CT molecular complexity index is 236. The molecule has 0 amide bonds. The molecule has 0 fully saturated rings. The maximum Gasteiger partial charge on any atom is 0.333 e. The molecule has 1 atom stereocenters. The molecular weight excluding hydrogens is 208 g/mol. The Kier molecular flexibility index (Phi) is 5.83. The Hall–Kier alpha value is -0.613. The van der Waals surface area contributed by atoms with Gasteiger partial charge in [0.2, 0.25) is 0 Å². The lowest BCUT2D eigenvalue weighted by molar-refractivity contribution is -0.146. The first kappa shape index (κ1) is 14.4. The van der Waals surface area contributed by atoms with Crippen molar-refractivity contribution in [2.45, 2.75) is 52.2 Å². The van der Waals surface area contributed by atoms with Gasteiger partial charge in [0.25, 0.3) is 0 Å². The van der Waals surface area contributed by atoms with E-state index in [1.54, 1.807) is 6.92 Å². The molecule has 88 valence electrons. The lowest BCUT2D eigenvalue weighted by Gasteiger charge is -2.28. The minimum atomic E-state index is -0.314. The van der Waals surface area contributed by atoms with Gasteiger partial charge in [0.1, 0.15) is 16.6 Å². The minimum Gasteiger partial charge on any atom is -0.459 e. The number of carbonyl (C=O) groups excluding carboxylic acids is 1. The second-order valence-electron chi connectivity index (χ2n) is 4.38. The summed E-state index contributed by atoms with van der Waals surface area (Å²) in [5.41, 5.74) is 0.237. The molecule has 0 radical (unpaired) electrons. The van der Waals surface area contributed by atoms with Crippen molar-refractivity contribution in [2.24, 2.45) is 0 Å². The fourth-order valence-corrected chi connectivity index (χ4v) is 1.32. The summed E-state index contributed by atoms with van der Waals surface area (Å²) in [6, 6.07) is 0. The van der Waals surface area contributed by atoms with E-state index in [1.807, 2.05) is 20.8 Å². The highest BCUT2D eigenvalue weighted by atomic mass is 28.2. The summed E-state index contributed by atoms with van der Waals surface area (Å²) in [7, 11) is 0.693. The molecule has 0 N–H and O–H groups in total. The third-order valence-electron chi connectivity index (χ3n) is 2.35. The molecule has 1 unspecified atom stereocenters. The Morgan fingerprint density at radius 1 is 1.53 bits per heavy atom. The largest absolute Gasteiger partial charge is 0.459 e. The first-order valence-corrected chi connectivity index (χ1v) is 6.05. The fraction of sp³-hybridized carbons (Fsp3) is 0.727. The summed E-state index contributed by atoms with van der Waals surface area (Å²) in [6.07, 6.45) is 1.44. The number of rotatable bonds is 6. The van der Waals surface area contributed by atoms with Crippen LogP contribution in [0.3, 0.4) is 0 Å². The van der Waals surface area contributed by atoms with Crippen LogP contribution in [0, 0.1) is 0 Å². The zero-order valence-electron chi connectivity index (χ0n) is 10.4. The van der Waals surface area contributed by atoms with Crippen LogP contribution in [-0.4, -0.2) is 28.2 Å². The molecule has 0 aromatic rings. The summed E-state index contributed by atoms with van der Waals surface area (Å²) in [5, 5.41) is 0. The molecule has 0 saturated carbocycles. The molecule has 0 aliphatic rings. The Morgan fingerprint density at radius 2 is 2.07 bits per heavy atom. The van der Waals surface area contributed by atoms with Crippen molar-refractivity contribution in [3.05, 3.63) is 12.2 Å². The highest BCUT2D eigenvalue weighted by Gasteiger charge is 2.23. The van der Waals surface area contributed by atoms with E-state index in [-0.39, 0.29) is 17.7 Å². The molecule has 3 nitrogen and oxygen atoms in total. The highest BCUT2D eigenvalue weighted by Crippen LogP contribution is 2.19. The number of esters is 1. The van der Waals surface area contributed by atoms with Crippen molar-refractivity contribution in [3.63, 3.8) is 0 Å². The topological polar surface area (TPSA) is 35.5 Å². The van der Waals surface area contributed by atoms with Gasteiger partial charge >= 0.3 is 5.97 Å². The van der Waals surface area contributed by atoms with Gasteiger partial charge in [0.15, 0.2) is 0 Å². The van der Waals surface area contributed by atoms with Gasteiger partial charge in [-0.3, -0.25) is 0 Å². The molecule has 0 saturated heterocycles. The van der Waals surface area contributed by atoms with Crippen LogP contribution in [0.15, 0.2) is 12.2 Å². The maximum absolute atomic E-state index is 11.3. The normalized spacial score (nSPS) is 13.6. The summed E-state index contributed by atoms with van der Waals surface area (Å²) < 4.78 is 10.7. The predicted molar refractivity (Wildman–Crippen MR) is 64.7 cm³/mol. The minimum absolute atomic E-state index is 0.0850. The molecule has 0 rings (SSSR count). The molecule has 0 bridgehead atoms. The lowest BCUT2D eigenvalue weighted by atomic mass is 9.99. The van der Waals surface area contributed by atoms with Crippen LogP contribution in [-0.2, 0) is 14.0 Å². The van der Waals surface area contributed by atoms with E-state index in [0.717, 1.165) is 12.8 Å². The lowest BCUT2D eigenvalue weighted by Crippen LogP contribution is -2.31. The Morgan fingerprint density at radius 3 is 2.40 bits per heavy atom. The van der Waals surface area contributed by atoms with Crippen LogP contribution in [0.4, 0.5) is 0 Å². The highest BCUT2D eigenvalue weighted by molar-refractivity contribution is 5.98. The number of hydrogen-bond acceptors (Lipinski definition) is 3. The molecule has 0 heterocycles. The van der Waals surface area contributed by atoms with E-state index in [1.165, 1.54) is 0 Å². The van der Waals surface area contributed by atoms with Gasteiger partial charge in [-0.2, -0.15) is 0 Å². The van der Waals surface area contributed by atoms with E-state index in [2.05, 4.69) is 6.58 Å². The van der Waals surface area contributed by atoms with Gasteiger partial charge in [0.05, 0.1) is 5.60 Å². The predicted octanol–water partition coefficient (Wildman–Crippen LogP) is 1.35. The van der Waals surface area contributed by atoms with E-state index in [0.29, 0.717) is 16.1 Å². The van der Waals surface area contributed by atoms with Gasteiger partial charge in [-0.15, -0.1) is 0 Å². The van der Waals surface area contributed by atoms with Crippen LogP contribution in [0.25, 0.3) is 0 Å². The molecule has 0 aromatic heterocycles. The third kappa shape index (κ3) is 5.74. The molecule has 0 spiro atoms. The van der Waals surface area contributed by atoms with E-state index in [4.69, 9.17) is 9.16 Å². The second-order valence-corrected chi connectivity index (χ2v) is 4.79. The van der Waals surface area contributed by atoms with Crippen molar-refractivity contribution in [2.75, 3.05) is 0 Å². The summed E-state index contributed by atoms with van der Waals surface area (Å²) in [5.74, 6) is -0.314. The summed E-state index contributed by atoms with van der Waals surface area (Å²) in [4.78, 5) is 11.3. The van der Waals surface area contributed by atoms with Gasteiger partial charge in [0, 0.05) is 12.0 Å². The van der Waals surface area contributed by atoms with Crippen molar-refractivity contribution in [1.29, 1.82) is 0 Å². The monoisotopic (exact) mass is 230 g/mol. The van der Waals surface area contributed by atoms with Crippen molar-refractivity contribution < 1.29 is 14.0 Å². The van der Waals surface area contributed by atoms with E-state index >= 15 is 0 Å². The zero-order chi connectivity index (χ0) is 12.1. The van der Waals surface area contributed by atoms with Crippen LogP contribution in [0.5, 0.6) is 0 Å². The molecule has 0 aromatic carbocycles. The third-order valence-corrected chi connectivity index (χ3v) is 3.45. The molecule has 4 heteroatoms. The van der Waals surface area contributed by atoms with E-state index in [9.17, 15) is 4.79 Å². The van der Waals surface area contributed by atoms with Gasteiger partial charge in [-0.05, 0) is 27.2 Å². The average Bonchev–Trinajstić information content (AvgIpc) is 2.16. The molecular formula is C11H22O3Si. The fourth-order valence-electron chi connectivity index (χ4n) is 1.15. The Balaban J connectivity index is 4.27. The van der Waals surface area contributed by atoms with Crippen LogP contribution in [0.2, 0.25) is 0 Å². The zero-order valence-corrected chi connectivity index (χ0v) is 12.4. The maximum atomic E-state index is 11.3. The van der Waals surface area contributed by atoms with E-state index < -0.39 is 0 Å². The standard InChI is InChI=1S/C11H22O3Si/c1-6-9(7-11(4,5)14-15)13-10(12)8(2)3/h9H,2,6-7H2,1,3-5,15H3. The summed E-state index contributed by atoms with van der Waals surface area (Å²) in [6.45, 7) is 11.2. The quantitative estimate of drug-likeness (QED) is 0.392. The van der Waals surface area contributed by atoms with Crippen LogP contribution >= 0.6 is 0 Å². The van der Waals surface area contributed by atoms with Gasteiger partial charge in [-0.25, -0.2) is 4.79 Å². The number of carbonyl (C=O) groups is 1. The smallest absolute Gasteiger partial charge is 0.333 e. The molecule has 15 heavy (non-hydrogen) atoms. The number of ether oxygens (including phenoxy) is 1.